The van der Waals surface area contributed by atoms with Gasteiger partial charge in [0.1, 0.15) is 0 Å². The lowest BCUT2D eigenvalue weighted by Crippen LogP contribution is -2.30. The fourth-order valence-electron chi connectivity index (χ4n) is 2.23. The fourth-order valence-corrected chi connectivity index (χ4v) is 2.23. The standard InChI is InChI=1S/C15H20N2O/c1-2-3-4-9-14-12-7-5-6-8-13(12)15(18)17-11-10-16-14/h5-8H,2-4,9-11H2,1H3,(H,17,18). The minimum Gasteiger partial charge on any atom is -0.350 e. The number of carbonyl (C=O) groups excluding carboxylic acids is 1. The quantitative estimate of drug-likeness (QED) is 0.813. The summed E-state index contributed by atoms with van der Waals surface area (Å²) in [6.45, 7) is 3.51. The summed E-state index contributed by atoms with van der Waals surface area (Å²) in [5, 5.41) is 2.88. The van der Waals surface area contributed by atoms with Gasteiger partial charge in [-0.3, -0.25) is 9.79 Å². The smallest absolute Gasteiger partial charge is 0.252 e. The van der Waals surface area contributed by atoms with Crippen LogP contribution in [0.2, 0.25) is 0 Å². The molecule has 1 aliphatic rings. The Kier molecular flexibility index (Phi) is 4.51. The molecule has 1 aromatic rings. The highest BCUT2D eigenvalue weighted by atomic mass is 16.1. The van der Waals surface area contributed by atoms with Crippen molar-refractivity contribution >= 4 is 11.6 Å². The highest BCUT2D eigenvalue weighted by Crippen LogP contribution is 2.16. The van der Waals surface area contributed by atoms with E-state index in [-0.39, 0.29) is 5.91 Å². The predicted octanol–water partition coefficient (Wildman–Crippen LogP) is 2.80. The first-order valence-corrected chi connectivity index (χ1v) is 6.74. The van der Waals surface area contributed by atoms with Crippen molar-refractivity contribution in [2.75, 3.05) is 13.1 Å². The molecule has 1 aromatic carbocycles. The highest BCUT2D eigenvalue weighted by Gasteiger charge is 2.16. The Labute approximate surface area is 108 Å². The van der Waals surface area contributed by atoms with Crippen molar-refractivity contribution in [3.05, 3.63) is 35.4 Å². The largest absolute Gasteiger partial charge is 0.350 e. The second-order valence-electron chi connectivity index (χ2n) is 4.59. The first kappa shape index (κ1) is 12.8. The molecule has 0 unspecified atom stereocenters. The number of nitrogens with one attached hydrogen (secondary N) is 1. The molecule has 18 heavy (non-hydrogen) atoms. The van der Waals surface area contributed by atoms with Gasteiger partial charge in [-0.05, 0) is 18.9 Å². The maximum atomic E-state index is 12.0. The molecular formula is C15H20N2O. The van der Waals surface area contributed by atoms with Crippen LogP contribution in [0.3, 0.4) is 0 Å². The second-order valence-corrected chi connectivity index (χ2v) is 4.59. The van der Waals surface area contributed by atoms with Crippen LogP contribution in [-0.2, 0) is 0 Å². The van der Waals surface area contributed by atoms with Crippen LogP contribution in [0, 0.1) is 0 Å². The van der Waals surface area contributed by atoms with Crippen LogP contribution in [0.5, 0.6) is 0 Å². The first-order valence-electron chi connectivity index (χ1n) is 6.74. The number of aliphatic imine (C=N–C) groups is 1. The van der Waals surface area contributed by atoms with Crippen LogP contribution in [-0.4, -0.2) is 24.7 Å². The Hall–Kier alpha value is -1.64. The van der Waals surface area contributed by atoms with E-state index in [2.05, 4.69) is 17.2 Å². The third kappa shape index (κ3) is 2.97. The van der Waals surface area contributed by atoms with Crippen molar-refractivity contribution < 1.29 is 4.79 Å². The second kappa shape index (κ2) is 6.34. The van der Waals surface area contributed by atoms with Gasteiger partial charge in [0, 0.05) is 23.4 Å². The Morgan fingerprint density at radius 2 is 2.00 bits per heavy atom. The van der Waals surface area contributed by atoms with Crippen LogP contribution in [0.25, 0.3) is 0 Å². The van der Waals surface area contributed by atoms with Gasteiger partial charge in [-0.15, -0.1) is 0 Å². The summed E-state index contributed by atoms with van der Waals surface area (Å²) >= 11 is 0. The minimum absolute atomic E-state index is 0.0218. The van der Waals surface area contributed by atoms with Crippen molar-refractivity contribution in [2.24, 2.45) is 4.99 Å². The molecule has 0 aromatic heterocycles. The number of carbonyl (C=O) groups is 1. The molecule has 0 aliphatic carbocycles. The van der Waals surface area contributed by atoms with E-state index in [9.17, 15) is 4.79 Å². The van der Waals surface area contributed by atoms with Gasteiger partial charge in [0.05, 0.1) is 6.54 Å². The monoisotopic (exact) mass is 244 g/mol. The topological polar surface area (TPSA) is 41.5 Å². The molecule has 1 heterocycles. The summed E-state index contributed by atoms with van der Waals surface area (Å²) in [5.74, 6) is 0.0218. The molecule has 0 spiro atoms. The number of nitrogens with zero attached hydrogens (tertiary/aromatic N) is 1. The van der Waals surface area contributed by atoms with E-state index in [1.54, 1.807) is 0 Å². The minimum atomic E-state index is 0.0218. The summed E-state index contributed by atoms with van der Waals surface area (Å²) < 4.78 is 0. The molecule has 0 radical (unpaired) electrons. The molecule has 0 saturated carbocycles. The third-order valence-corrected chi connectivity index (χ3v) is 3.20. The van der Waals surface area contributed by atoms with E-state index < -0.39 is 0 Å². The third-order valence-electron chi connectivity index (χ3n) is 3.20. The zero-order chi connectivity index (χ0) is 12.8. The molecule has 1 amide bonds. The summed E-state index contributed by atoms with van der Waals surface area (Å²) in [6.07, 6.45) is 4.53. The van der Waals surface area contributed by atoms with Gasteiger partial charge < -0.3 is 5.32 Å². The normalized spacial score (nSPS) is 15.2. The van der Waals surface area contributed by atoms with E-state index in [0.29, 0.717) is 13.1 Å². The maximum absolute atomic E-state index is 12.0. The summed E-state index contributed by atoms with van der Waals surface area (Å²) in [7, 11) is 0. The van der Waals surface area contributed by atoms with Gasteiger partial charge in [0.2, 0.25) is 0 Å². The first-order chi connectivity index (χ1) is 8.83. The average molecular weight is 244 g/mol. The Morgan fingerprint density at radius 3 is 2.78 bits per heavy atom. The van der Waals surface area contributed by atoms with E-state index in [1.165, 1.54) is 12.8 Å². The van der Waals surface area contributed by atoms with E-state index in [0.717, 1.165) is 29.7 Å². The zero-order valence-corrected chi connectivity index (χ0v) is 10.9. The van der Waals surface area contributed by atoms with E-state index >= 15 is 0 Å². The van der Waals surface area contributed by atoms with Crippen molar-refractivity contribution in [1.29, 1.82) is 0 Å². The molecular weight excluding hydrogens is 224 g/mol. The van der Waals surface area contributed by atoms with E-state index in [1.807, 2.05) is 24.3 Å². The van der Waals surface area contributed by atoms with Crippen molar-refractivity contribution in [2.45, 2.75) is 32.6 Å². The molecule has 2 rings (SSSR count). The molecule has 3 nitrogen and oxygen atoms in total. The lowest BCUT2D eigenvalue weighted by molar-refractivity contribution is 0.0954. The van der Waals surface area contributed by atoms with E-state index in [4.69, 9.17) is 0 Å². The van der Waals surface area contributed by atoms with Crippen LogP contribution >= 0.6 is 0 Å². The Morgan fingerprint density at radius 1 is 1.22 bits per heavy atom. The molecule has 0 saturated heterocycles. The Bertz CT molecular complexity index is 452. The van der Waals surface area contributed by atoms with Crippen molar-refractivity contribution in [3.8, 4) is 0 Å². The molecule has 0 bridgehead atoms. The molecule has 0 fully saturated rings. The number of hydrogen-bond acceptors (Lipinski definition) is 2. The van der Waals surface area contributed by atoms with Gasteiger partial charge in [-0.25, -0.2) is 0 Å². The number of unbranched alkanes of at least 4 members (excludes halogenated alkanes) is 2. The van der Waals surface area contributed by atoms with Crippen LogP contribution < -0.4 is 5.32 Å². The van der Waals surface area contributed by atoms with Crippen LogP contribution in [0.4, 0.5) is 0 Å². The van der Waals surface area contributed by atoms with Crippen LogP contribution in [0.15, 0.2) is 29.3 Å². The summed E-state index contributed by atoms with van der Waals surface area (Å²) in [4.78, 5) is 16.6. The SMILES string of the molecule is CCCCCC1=NCCNC(=O)c2ccccc21. The van der Waals surface area contributed by atoms with Crippen molar-refractivity contribution in [1.82, 2.24) is 5.32 Å². The zero-order valence-electron chi connectivity index (χ0n) is 10.9. The van der Waals surface area contributed by atoms with Gasteiger partial charge >= 0.3 is 0 Å². The Balaban J connectivity index is 2.26. The number of amides is 1. The summed E-state index contributed by atoms with van der Waals surface area (Å²) in [6, 6.07) is 7.77. The number of rotatable bonds is 4. The van der Waals surface area contributed by atoms with Crippen LogP contribution in [0.1, 0.15) is 48.5 Å². The molecule has 0 atom stereocenters. The fraction of sp³-hybridized carbons (Fsp3) is 0.467. The lowest BCUT2D eigenvalue weighted by atomic mass is 9.97. The van der Waals surface area contributed by atoms with Gasteiger partial charge in [-0.1, -0.05) is 38.0 Å². The highest BCUT2D eigenvalue weighted by molar-refractivity contribution is 6.10. The maximum Gasteiger partial charge on any atom is 0.252 e. The van der Waals surface area contributed by atoms with Gasteiger partial charge in [0.25, 0.3) is 5.91 Å². The van der Waals surface area contributed by atoms with Crippen molar-refractivity contribution in [3.63, 3.8) is 0 Å². The van der Waals surface area contributed by atoms with Gasteiger partial charge in [-0.2, -0.15) is 0 Å². The summed E-state index contributed by atoms with van der Waals surface area (Å²) in [5.41, 5.74) is 2.85. The number of benzene rings is 1. The van der Waals surface area contributed by atoms with Gasteiger partial charge in [0.15, 0.2) is 0 Å². The number of fused-ring (bicyclic) bond motifs is 1. The lowest BCUT2D eigenvalue weighted by Gasteiger charge is -2.15. The molecule has 3 heteroatoms. The number of hydrogen-bond donors (Lipinski definition) is 1. The average Bonchev–Trinajstić information content (AvgIpc) is 2.39. The molecule has 1 N–H and O–H groups in total. The molecule has 96 valence electrons. The molecule has 1 aliphatic heterocycles. The predicted molar refractivity (Wildman–Crippen MR) is 74.3 cm³/mol.